The summed E-state index contributed by atoms with van der Waals surface area (Å²) >= 11 is 9.45. The van der Waals surface area contributed by atoms with E-state index >= 15 is 0 Å². The van der Waals surface area contributed by atoms with Crippen molar-refractivity contribution in [2.45, 2.75) is 13.5 Å². The van der Waals surface area contributed by atoms with E-state index in [1.807, 2.05) is 13.0 Å². The van der Waals surface area contributed by atoms with Crippen LogP contribution in [0.4, 0.5) is 5.69 Å². The number of hydrogen-bond donors (Lipinski definition) is 1. The molecular formula is C20H17BrClNO4. The predicted molar refractivity (Wildman–Crippen MR) is 108 cm³/mol. The molecule has 1 amide bonds. The van der Waals surface area contributed by atoms with Crippen molar-refractivity contribution in [3.63, 3.8) is 0 Å². The highest BCUT2D eigenvalue weighted by molar-refractivity contribution is 9.10. The standard InChI is InChI=1S/C20H17BrClNO4/c1-2-25-15-6-4-14(5-7-15)23-20(24)19-10-8-16(27-19)12-26-18-9-3-13(21)11-17(18)22/h3-11H,2,12H2,1H3,(H,23,24). The second-order valence-electron chi connectivity index (χ2n) is 5.54. The summed E-state index contributed by atoms with van der Waals surface area (Å²) in [6, 6.07) is 15.8. The summed E-state index contributed by atoms with van der Waals surface area (Å²) < 4.78 is 17.4. The minimum Gasteiger partial charge on any atom is -0.494 e. The van der Waals surface area contributed by atoms with E-state index in [1.54, 1.807) is 48.5 Å². The first-order valence-corrected chi connectivity index (χ1v) is 9.43. The van der Waals surface area contributed by atoms with Gasteiger partial charge in [-0.15, -0.1) is 0 Å². The van der Waals surface area contributed by atoms with Gasteiger partial charge in [-0.1, -0.05) is 27.5 Å². The predicted octanol–water partition coefficient (Wildman–Crippen LogP) is 5.93. The average molecular weight is 451 g/mol. The molecule has 1 aromatic heterocycles. The highest BCUT2D eigenvalue weighted by atomic mass is 79.9. The van der Waals surface area contributed by atoms with E-state index in [-0.39, 0.29) is 18.3 Å². The summed E-state index contributed by atoms with van der Waals surface area (Å²) in [7, 11) is 0. The second-order valence-corrected chi connectivity index (χ2v) is 6.86. The van der Waals surface area contributed by atoms with Crippen molar-refractivity contribution in [1.29, 1.82) is 0 Å². The summed E-state index contributed by atoms with van der Waals surface area (Å²) in [6.45, 7) is 2.67. The molecule has 0 fully saturated rings. The van der Waals surface area contributed by atoms with Gasteiger partial charge >= 0.3 is 0 Å². The highest BCUT2D eigenvalue weighted by Gasteiger charge is 2.12. The van der Waals surface area contributed by atoms with Crippen LogP contribution in [0.5, 0.6) is 11.5 Å². The van der Waals surface area contributed by atoms with E-state index in [9.17, 15) is 4.79 Å². The van der Waals surface area contributed by atoms with Gasteiger partial charge in [0, 0.05) is 10.2 Å². The largest absolute Gasteiger partial charge is 0.494 e. The molecule has 0 aliphatic heterocycles. The van der Waals surface area contributed by atoms with E-state index in [0.29, 0.717) is 28.8 Å². The minimum atomic E-state index is -0.341. The molecule has 3 aromatic rings. The third kappa shape index (κ3) is 5.28. The molecule has 140 valence electrons. The van der Waals surface area contributed by atoms with Crippen molar-refractivity contribution in [3.05, 3.63) is 75.6 Å². The summed E-state index contributed by atoms with van der Waals surface area (Å²) in [6.07, 6.45) is 0. The smallest absolute Gasteiger partial charge is 0.291 e. The molecule has 2 aromatic carbocycles. The second kappa shape index (κ2) is 8.97. The van der Waals surface area contributed by atoms with Gasteiger partial charge in [-0.25, -0.2) is 0 Å². The molecule has 0 aliphatic carbocycles. The Morgan fingerprint density at radius 1 is 1.11 bits per heavy atom. The lowest BCUT2D eigenvalue weighted by atomic mass is 10.3. The fourth-order valence-corrected chi connectivity index (χ4v) is 3.04. The lowest BCUT2D eigenvalue weighted by Gasteiger charge is -2.07. The zero-order valence-corrected chi connectivity index (χ0v) is 16.8. The van der Waals surface area contributed by atoms with Crippen molar-refractivity contribution in [2.24, 2.45) is 0 Å². The van der Waals surface area contributed by atoms with Crippen molar-refractivity contribution < 1.29 is 18.7 Å². The number of ether oxygens (including phenoxy) is 2. The lowest BCUT2D eigenvalue weighted by molar-refractivity contribution is 0.0992. The Morgan fingerprint density at radius 3 is 2.59 bits per heavy atom. The maximum absolute atomic E-state index is 12.3. The Kier molecular flexibility index (Phi) is 6.42. The zero-order chi connectivity index (χ0) is 19.2. The molecule has 0 atom stereocenters. The number of anilines is 1. The SMILES string of the molecule is CCOc1ccc(NC(=O)c2ccc(COc3ccc(Br)cc3Cl)o2)cc1. The minimum absolute atomic E-state index is 0.164. The molecule has 0 saturated carbocycles. The topological polar surface area (TPSA) is 60.7 Å². The normalized spacial score (nSPS) is 10.5. The van der Waals surface area contributed by atoms with Crippen molar-refractivity contribution in [3.8, 4) is 11.5 Å². The summed E-state index contributed by atoms with van der Waals surface area (Å²) in [5.74, 6) is 1.67. The number of benzene rings is 2. The van der Waals surface area contributed by atoms with Crippen LogP contribution in [0.25, 0.3) is 0 Å². The maximum Gasteiger partial charge on any atom is 0.291 e. The molecule has 7 heteroatoms. The fourth-order valence-electron chi connectivity index (χ4n) is 2.31. The van der Waals surface area contributed by atoms with Crippen LogP contribution in [-0.2, 0) is 6.61 Å². The van der Waals surface area contributed by atoms with Gasteiger partial charge in [0.1, 0.15) is 23.9 Å². The van der Waals surface area contributed by atoms with Gasteiger partial charge in [0.25, 0.3) is 5.91 Å². The van der Waals surface area contributed by atoms with Gasteiger partial charge in [-0.2, -0.15) is 0 Å². The fraction of sp³-hybridized carbons (Fsp3) is 0.150. The van der Waals surface area contributed by atoms with Crippen molar-refractivity contribution in [2.75, 3.05) is 11.9 Å². The molecular weight excluding hydrogens is 434 g/mol. The first kappa shape index (κ1) is 19.3. The Bertz CT molecular complexity index is 924. The zero-order valence-electron chi connectivity index (χ0n) is 14.5. The monoisotopic (exact) mass is 449 g/mol. The van der Waals surface area contributed by atoms with Crippen LogP contribution < -0.4 is 14.8 Å². The van der Waals surface area contributed by atoms with Crippen molar-refractivity contribution >= 4 is 39.1 Å². The van der Waals surface area contributed by atoms with Crippen molar-refractivity contribution in [1.82, 2.24) is 0 Å². The van der Waals surface area contributed by atoms with E-state index in [1.165, 1.54) is 0 Å². The Balaban J connectivity index is 1.58. The van der Waals surface area contributed by atoms with Crippen LogP contribution in [0, 0.1) is 0 Å². The van der Waals surface area contributed by atoms with Gasteiger partial charge in [0.05, 0.1) is 11.6 Å². The van der Waals surface area contributed by atoms with Gasteiger partial charge < -0.3 is 19.2 Å². The molecule has 0 bridgehead atoms. The maximum atomic E-state index is 12.3. The molecule has 1 N–H and O–H groups in total. The van der Waals surface area contributed by atoms with E-state index in [4.69, 9.17) is 25.5 Å². The molecule has 0 aliphatic rings. The number of carbonyl (C=O) groups is 1. The van der Waals surface area contributed by atoms with Crippen LogP contribution in [-0.4, -0.2) is 12.5 Å². The first-order chi connectivity index (χ1) is 13.0. The molecule has 27 heavy (non-hydrogen) atoms. The number of rotatable bonds is 7. The number of furan rings is 1. The molecule has 3 rings (SSSR count). The Hall–Kier alpha value is -2.44. The van der Waals surface area contributed by atoms with Gasteiger partial charge in [0.15, 0.2) is 5.76 Å². The average Bonchev–Trinajstić information content (AvgIpc) is 3.12. The highest BCUT2D eigenvalue weighted by Crippen LogP contribution is 2.28. The molecule has 1 heterocycles. The summed E-state index contributed by atoms with van der Waals surface area (Å²) in [4.78, 5) is 12.3. The van der Waals surface area contributed by atoms with Crippen LogP contribution in [0.1, 0.15) is 23.2 Å². The van der Waals surface area contributed by atoms with Gasteiger partial charge in [0.2, 0.25) is 0 Å². The third-order valence-electron chi connectivity index (χ3n) is 3.57. The van der Waals surface area contributed by atoms with Crippen LogP contribution in [0.15, 0.2) is 63.5 Å². The molecule has 0 radical (unpaired) electrons. The molecule has 0 saturated heterocycles. The molecule has 0 spiro atoms. The third-order valence-corrected chi connectivity index (χ3v) is 4.36. The molecule has 5 nitrogen and oxygen atoms in total. The van der Waals surface area contributed by atoms with E-state index < -0.39 is 0 Å². The van der Waals surface area contributed by atoms with Crippen LogP contribution in [0.2, 0.25) is 5.02 Å². The first-order valence-electron chi connectivity index (χ1n) is 8.26. The van der Waals surface area contributed by atoms with Crippen LogP contribution in [0.3, 0.4) is 0 Å². The summed E-state index contributed by atoms with van der Waals surface area (Å²) in [5, 5.41) is 3.26. The quantitative estimate of drug-likeness (QED) is 0.485. The molecule has 0 unspecified atom stereocenters. The van der Waals surface area contributed by atoms with Crippen LogP contribution >= 0.6 is 27.5 Å². The number of amides is 1. The Morgan fingerprint density at radius 2 is 1.89 bits per heavy atom. The van der Waals surface area contributed by atoms with Gasteiger partial charge in [-0.05, 0) is 61.5 Å². The number of halogens is 2. The summed E-state index contributed by atoms with van der Waals surface area (Å²) in [5.41, 5.74) is 0.652. The number of carbonyl (C=O) groups excluding carboxylic acids is 1. The van der Waals surface area contributed by atoms with Gasteiger partial charge in [-0.3, -0.25) is 4.79 Å². The van der Waals surface area contributed by atoms with E-state index in [0.717, 1.165) is 10.2 Å². The number of hydrogen-bond acceptors (Lipinski definition) is 4. The number of nitrogens with one attached hydrogen (secondary N) is 1. The van der Waals surface area contributed by atoms with E-state index in [2.05, 4.69) is 21.2 Å². The lowest BCUT2D eigenvalue weighted by Crippen LogP contribution is -2.10. The Labute approximate surface area is 170 Å².